The third-order valence-corrected chi connectivity index (χ3v) is 5.77. The van der Waals surface area contributed by atoms with Gasteiger partial charge in [0.1, 0.15) is 4.90 Å². The van der Waals surface area contributed by atoms with Crippen LogP contribution in [0.2, 0.25) is 0 Å². The summed E-state index contributed by atoms with van der Waals surface area (Å²) in [6.45, 7) is 2.93. The third kappa shape index (κ3) is 3.70. The first kappa shape index (κ1) is 17.8. The standard InChI is InChI=1S/C15H21FN2O4S/c1-10-6-12(15(19)20)14(16)13(7-10)23(21,22)18-5-4-11(9-18)8-17(2)3/h6-7,11H,4-5,8-9H2,1-3H3,(H,19,20). The fourth-order valence-corrected chi connectivity index (χ4v) is 4.60. The lowest BCUT2D eigenvalue weighted by atomic mass is 10.1. The molecular weight excluding hydrogens is 323 g/mol. The summed E-state index contributed by atoms with van der Waals surface area (Å²) in [6, 6.07) is 2.33. The zero-order chi connectivity index (χ0) is 17.4. The van der Waals surface area contributed by atoms with Crippen molar-refractivity contribution in [2.24, 2.45) is 5.92 Å². The largest absolute Gasteiger partial charge is 0.478 e. The first-order valence-electron chi connectivity index (χ1n) is 7.31. The number of benzene rings is 1. The molecule has 0 radical (unpaired) electrons. The fourth-order valence-electron chi connectivity index (χ4n) is 2.90. The van der Waals surface area contributed by atoms with Crippen LogP contribution in [0, 0.1) is 18.7 Å². The Morgan fingerprint density at radius 3 is 2.65 bits per heavy atom. The van der Waals surface area contributed by atoms with Gasteiger partial charge >= 0.3 is 5.97 Å². The highest BCUT2D eigenvalue weighted by molar-refractivity contribution is 7.89. The number of rotatable bonds is 5. The van der Waals surface area contributed by atoms with Crippen LogP contribution >= 0.6 is 0 Å². The van der Waals surface area contributed by atoms with Gasteiger partial charge in [-0.2, -0.15) is 4.31 Å². The summed E-state index contributed by atoms with van der Waals surface area (Å²) in [6.07, 6.45) is 0.705. The number of carbonyl (C=O) groups is 1. The number of aryl methyl sites for hydroxylation is 1. The lowest BCUT2D eigenvalue weighted by molar-refractivity contribution is 0.0691. The predicted molar refractivity (Wildman–Crippen MR) is 83.5 cm³/mol. The molecule has 1 aromatic rings. The van der Waals surface area contributed by atoms with E-state index in [4.69, 9.17) is 5.11 Å². The number of halogens is 1. The minimum absolute atomic E-state index is 0.187. The van der Waals surface area contributed by atoms with Crippen LogP contribution in [0.4, 0.5) is 4.39 Å². The Kier molecular flexibility index (Phi) is 5.07. The number of carboxylic acids is 1. The Morgan fingerprint density at radius 2 is 2.09 bits per heavy atom. The Bertz CT molecular complexity index is 718. The van der Waals surface area contributed by atoms with Crippen molar-refractivity contribution in [2.45, 2.75) is 18.2 Å². The number of aromatic carboxylic acids is 1. The van der Waals surface area contributed by atoms with Crippen molar-refractivity contribution in [3.8, 4) is 0 Å². The van der Waals surface area contributed by atoms with Crippen LogP contribution in [0.3, 0.4) is 0 Å². The molecule has 1 fully saturated rings. The van der Waals surface area contributed by atoms with Crippen LogP contribution in [0.5, 0.6) is 0 Å². The number of carboxylic acid groups (broad SMARTS) is 1. The predicted octanol–water partition coefficient (Wildman–Crippen LogP) is 1.40. The molecule has 2 rings (SSSR count). The van der Waals surface area contributed by atoms with E-state index in [-0.39, 0.29) is 5.92 Å². The lowest BCUT2D eigenvalue weighted by Crippen LogP contribution is -2.31. The van der Waals surface area contributed by atoms with Gasteiger partial charge in [0.05, 0.1) is 5.56 Å². The smallest absolute Gasteiger partial charge is 0.338 e. The lowest BCUT2D eigenvalue weighted by Gasteiger charge is -2.19. The molecule has 0 aliphatic carbocycles. The molecule has 23 heavy (non-hydrogen) atoms. The molecule has 1 unspecified atom stereocenters. The molecular formula is C15H21FN2O4S. The summed E-state index contributed by atoms with van der Waals surface area (Å²) in [7, 11) is -0.214. The average molecular weight is 344 g/mol. The summed E-state index contributed by atoms with van der Waals surface area (Å²) < 4.78 is 41.0. The summed E-state index contributed by atoms with van der Waals surface area (Å²) in [5.41, 5.74) is -0.223. The van der Waals surface area contributed by atoms with Gasteiger partial charge in [-0.3, -0.25) is 0 Å². The molecule has 1 heterocycles. The second-order valence-corrected chi connectivity index (χ2v) is 8.12. The van der Waals surface area contributed by atoms with Crippen molar-refractivity contribution in [3.63, 3.8) is 0 Å². The topological polar surface area (TPSA) is 77.9 Å². The van der Waals surface area contributed by atoms with Crippen molar-refractivity contribution < 1.29 is 22.7 Å². The number of nitrogens with zero attached hydrogens (tertiary/aromatic N) is 2. The van der Waals surface area contributed by atoms with E-state index >= 15 is 0 Å². The molecule has 0 aromatic heterocycles. The monoisotopic (exact) mass is 344 g/mol. The van der Waals surface area contributed by atoms with Crippen molar-refractivity contribution in [1.29, 1.82) is 0 Å². The van der Waals surface area contributed by atoms with E-state index < -0.39 is 32.3 Å². The SMILES string of the molecule is Cc1cc(C(=O)O)c(F)c(S(=O)(=O)N2CCC(CN(C)C)C2)c1. The van der Waals surface area contributed by atoms with E-state index in [2.05, 4.69) is 0 Å². The number of hydrogen-bond donors (Lipinski definition) is 1. The highest BCUT2D eigenvalue weighted by Crippen LogP contribution is 2.28. The molecule has 6 nitrogen and oxygen atoms in total. The van der Waals surface area contributed by atoms with Crippen molar-refractivity contribution >= 4 is 16.0 Å². The molecule has 128 valence electrons. The zero-order valence-corrected chi connectivity index (χ0v) is 14.2. The molecule has 1 aliphatic heterocycles. The van der Waals surface area contributed by atoms with Crippen LogP contribution in [0.1, 0.15) is 22.3 Å². The van der Waals surface area contributed by atoms with E-state index in [0.717, 1.165) is 12.6 Å². The van der Waals surface area contributed by atoms with E-state index in [0.29, 0.717) is 25.1 Å². The molecule has 1 aromatic carbocycles. The Hall–Kier alpha value is -1.51. The van der Waals surface area contributed by atoms with Gasteiger partial charge in [-0.25, -0.2) is 17.6 Å². The first-order valence-corrected chi connectivity index (χ1v) is 8.75. The summed E-state index contributed by atoms with van der Waals surface area (Å²) in [4.78, 5) is 12.5. The molecule has 0 bridgehead atoms. The molecule has 0 amide bonds. The number of sulfonamides is 1. The van der Waals surface area contributed by atoms with Crippen molar-refractivity contribution in [3.05, 3.63) is 29.1 Å². The van der Waals surface area contributed by atoms with Gasteiger partial charge in [-0.05, 0) is 51.1 Å². The maximum Gasteiger partial charge on any atom is 0.338 e. The fraction of sp³-hybridized carbons (Fsp3) is 0.533. The van der Waals surface area contributed by atoms with Gasteiger partial charge in [0.15, 0.2) is 5.82 Å². The minimum atomic E-state index is -4.04. The van der Waals surface area contributed by atoms with Crippen LogP contribution < -0.4 is 0 Å². The zero-order valence-electron chi connectivity index (χ0n) is 13.4. The normalized spacial score (nSPS) is 19.4. The Labute approximate surface area is 135 Å². The second-order valence-electron chi connectivity index (χ2n) is 6.21. The second kappa shape index (κ2) is 6.54. The molecule has 8 heteroatoms. The van der Waals surface area contributed by atoms with Gasteiger partial charge in [0.25, 0.3) is 0 Å². The van der Waals surface area contributed by atoms with Gasteiger partial charge < -0.3 is 10.0 Å². The van der Waals surface area contributed by atoms with Crippen molar-refractivity contribution in [2.75, 3.05) is 33.7 Å². The van der Waals surface area contributed by atoms with Crippen LogP contribution in [-0.4, -0.2) is 62.4 Å². The van der Waals surface area contributed by atoms with E-state index in [9.17, 15) is 17.6 Å². The van der Waals surface area contributed by atoms with Crippen LogP contribution in [0.15, 0.2) is 17.0 Å². The van der Waals surface area contributed by atoms with Gasteiger partial charge in [-0.1, -0.05) is 0 Å². The Morgan fingerprint density at radius 1 is 1.43 bits per heavy atom. The average Bonchev–Trinajstić information content (AvgIpc) is 2.88. The Balaban J connectivity index is 2.36. The maximum atomic E-state index is 14.4. The molecule has 1 aliphatic rings. The van der Waals surface area contributed by atoms with Crippen LogP contribution in [0.25, 0.3) is 0 Å². The molecule has 1 N–H and O–H groups in total. The van der Waals surface area contributed by atoms with Gasteiger partial charge in [0.2, 0.25) is 10.0 Å². The van der Waals surface area contributed by atoms with Crippen LogP contribution in [-0.2, 0) is 10.0 Å². The number of hydrogen-bond acceptors (Lipinski definition) is 4. The molecule has 0 spiro atoms. The maximum absolute atomic E-state index is 14.4. The molecule has 0 saturated carbocycles. The minimum Gasteiger partial charge on any atom is -0.478 e. The van der Waals surface area contributed by atoms with E-state index in [1.54, 1.807) is 6.92 Å². The van der Waals surface area contributed by atoms with E-state index in [1.165, 1.54) is 10.4 Å². The summed E-state index contributed by atoms with van der Waals surface area (Å²) in [5, 5.41) is 9.03. The quantitative estimate of drug-likeness (QED) is 0.874. The summed E-state index contributed by atoms with van der Waals surface area (Å²) >= 11 is 0. The van der Waals surface area contributed by atoms with Crippen molar-refractivity contribution in [1.82, 2.24) is 9.21 Å². The van der Waals surface area contributed by atoms with E-state index in [1.807, 2.05) is 19.0 Å². The molecule has 1 atom stereocenters. The highest BCUT2D eigenvalue weighted by Gasteiger charge is 2.35. The molecule has 1 saturated heterocycles. The highest BCUT2D eigenvalue weighted by atomic mass is 32.2. The van der Waals surface area contributed by atoms with Gasteiger partial charge in [0, 0.05) is 19.6 Å². The third-order valence-electron chi connectivity index (χ3n) is 3.90. The summed E-state index contributed by atoms with van der Waals surface area (Å²) in [5.74, 6) is -2.49. The van der Waals surface area contributed by atoms with Gasteiger partial charge in [-0.15, -0.1) is 0 Å². The first-order chi connectivity index (χ1) is 10.6.